The van der Waals surface area contributed by atoms with Gasteiger partial charge in [-0.25, -0.2) is 9.97 Å². The van der Waals surface area contributed by atoms with Gasteiger partial charge in [-0.1, -0.05) is 0 Å². The van der Waals surface area contributed by atoms with Crippen molar-refractivity contribution in [2.45, 2.75) is 51.3 Å². The molecule has 2 N–H and O–H groups in total. The third-order valence-electron chi connectivity index (χ3n) is 5.61. The van der Waals surface area contributed by atoms with Crippen LogP contribution in [0.3, 0.4) is 0 Å². The van der Waals surface area contributed by atoms with Gasteiger partial charge in [0.05, 0.1) is 18.9 Å². The summed E-state index contributed by atoms with van der Waals surface area (Å²) in [5.41, 5.74) is 1.50. The summed E-state index contributed by atoms with van der Waals surface area (Å²) in [6.07, 6.45) is 3.43. The Morgan fingerprint density at radius 1 is 1.23 bits per heavy atom. The summed E-state index contributed by atoms with van der Waals surface area (Å²) >= 11 is 0. The highest BCUT2D eigenvalue weighted by Crippen LogP contribution is 2.32. The van der Waals surface area contributed by atoms with Gasteiger partial charge in [0.2, 0.25) is 11.8 Å². The summed E-state index contributed by atoms with van der Waals surface area (Å²) in [5, 5.41) is 12.4. The minimum atomic E-state index is -2.83. The van der Waals surface area contributed by atoms with Gasteiger partial charge in [-0.3, -0.25) is 14.7 Å². The van der Waals surface area contributed by atoms with Crippen molar-refractivity contribution in [1.82, 2.24) is 19.5 Å². The molecule has 0 amide bonds. The number of halogens is 2. The molecule has 0 saturated heterocycles. The fraction of sp³-hybridized carbons (Fsp3) is 0.429. The van der Waals surface area contributed by atoms with Gasteiger partial charge in [-0.15, -0.1) is 0 Å². The number of hydrogen-bond acceptors (Lipinski definition) is 7. The van der Waals surface area contributed by atoms with Gasteiger partial charge in [0.1, 0.15) is 5.65 Å². The van der Waals surface area contributed by atoms with Crippen LogP contribution in [0.15, 0.2) is 29.2 Å². The van der Waals surface area contributed by atoms with Crippen LogP contribution < -0.4 is 15.6 Å². The van der Waals surface area contributed by atoms with E-state index in [1.54, 1.807) is 35.9 Å². The number of aliphatic hydroxyl groups excluding tert-OH is 1. The highest BCUT2D eigenvalue weighted by molar-refractivity contribution is 5.84. The van der Waals surface area contributed by atoms with Crippen LogP contribution in [-0.4, -0.2) is 44.4 Å². The fourth-order valence-corrected chi connectivity index (χ4v) is 4.04. The molecule has 3 aromatic heterocycles. The Balaban J connectivity index is 1.94. The first kappa shape index (κ1) is 21.1. The van der Waals surface area contributed by atoms with Crippen LogP contribution in [0.1, 0.15) is 37.4 Å². The molecule has 4 rings (SSSR count). The van der Waals surface area contributed by atoms with Crippen LogP contribution >= 0.6 is 0 Å². The van der Waals surface area contributed by atoms with Crippen LogP contribution in [0.25, 0.3) is 22.2 Å². The van der Waals surface area contributed by atoms with E-state index in [-0.39, 0.29) is 17.5 Å². The van der Waals surface area contributed by atoms with Crippen molar-refractivity contribution in [2.24, 2.45) is 0 Å². The molecule has 0 aliphatic heterocycles. The number of fused-ring (bicyclic) bond motifs is 1. The first-order valence-electron chi connectivity index (χ1n) is 10.0. The number of aromatic nitrogens is 4. The number of anilines is 1. The van der Waals surface area contributed by atoms with Crippen molar-refractivity contribution >= 4 is 17.0 Å². The Labute approximate surface area is 176 Å². The first-order valence-corrected chi connectivity index (χ1v) is 10.0. The lowest BCUT2D eigenvalue weighted by Gasteiger charge is -2.28. The highest BCUT2D eigenvalue weighted by Gasteiger charge is 2.26. The fourth-order valence-electron chi connectivity index (χ4n) is 4.04. The van der Waals surface area contributed by atoms with E-state index < -0.39 is 12.7 Å². The van der Waals surface area contributed by atoms with E-state index in [1.807, 2.05) is 5.32 Å². The molecular formula is C21H23F2N5O3. The molecule has 1 aliphatic rings. The van der Waals surface area contributed by atoms with Crippen LogP contribution in [0.2, 0.25) is 0 Å². The molecule has 0 atom stereocenters. The maximum atomic E-state index is 13.6. The number of hydrogen-bond donors (Lipinski definition) is 2. The van der Waals surface area contributed by atoms with Crippen LogP contribution in [-0.2, 0) is 0 Å². The molecule has 0 unspecified atom stereocenters. The predicted octanol–water partition coefficient (Wildman–Crippen LogP) is 3.28. The van der Waals surface area contributed by atoms with E-state index in [2.05, 4.69) is 15.0 Å². The second-order valence-corrected chi connectivity index (χ2v) is 7.60. The van der Waals surface area contributed by atoms with Crippen molar-refractivity contribution in [3.63, 3.8) is 0 Å². The van der Waals surface area contributed by atoms with Gasteiger partial charge in [-0.2, -0.15) is 13.8 Å². The molecule has 1 aliphatic carbocycles. The van der Waals surface area contributed by atoms with Gasteiger partial charge >= 0.3 is 6.55 Å². The summed E-state index contributed by atoms with van der Waals surface area (Å²) < 4.78 is 32.4. The molecular weight excluding hydrogens is 408 g/mol. The van der Waals surface area contributed by atoms with Crippen LogP contribution in [0.4, 0.5) is 14.7 Å². The van der Waals surface area contributed by atoms with E-state index in [1.165, 1.54) is 7.11 Å². The summed E-state index contributed by atoms with van der Waals surface area (Å²) in [6.45, 7) is -1.14. The lowest BCUT2D eigenvalue weighted by molar-refractivity contribution is 0.111. The standard InChI is InChI=1S/C21H23F2N5O3/c1-11-15-9-16(12-3-8-17(31-2)24-10-12)19(30)28(13-4-6-14(29)7-5-13)18(15)26-21(25-11)27-20(22)23/h3,8-10,13-14,20,29H,4-7H2,1-2H3,(H,25,26,27). The second kappa shape index (κ2) is 8.54. The van der Waals surface area contributed by atoms with Gasteiger partial charge in [-0.05, 0) is 44.7 Å². The second-order valence-electron chi connectivity index (χ2n) is 7.60. The zero-order valence-corrected chi connectivity index (χ0v) is 17.2. The highest BCUT2D eigenvalue weighted by atomic mass is 19.3. The Hall–Kier alpha value is -3.14. The SMILES string of the molecule is COc1ccc(-c2cc3c(C)nc(NC(F)F)nc3n(C3CCC(O)CC3)c2=O)cn1. The minimum Gasteiger partial charge on any atom is -0.481 e. The summed E-state index contributed by atoms with van der Waals surface area (Å²) in [6, 6.07) is 4.88. The van der Waals surface area contributed by atoms with E-state index in [0.29, 0.717) is 59.4 Å². The quantitative estimate of drug-likeness (QED) is 0.598. The monoisotopic (exact) mass is 431 g/mol. The van der Waals surface area contributed by atoms with Gasteiger partial charge in [0, 0.05) is 34.8 Å². The number of aliphatic hydroxyl groups is 1. The van der Waals surface area contributed by atoms with Gasteiger partial charge in [0.15, 0.2) is 0 Å². The van der Waals surface area contributed by atoms with E-state index in [4.69, 9.17) is 4.74 Å². The van der Waals surface area contributed by atoms with Crippen molar-refractivity contribution in [2.75, 3.05) is 12.4 Å². The van der Waals surface area contributed by atoms with Crippen molar-refractivity contribution in [1.29, 1.82) is 0 Å². The Bertz CT molecular complexity index is 1140. The van der Waals surface area contributed by atoms with E-state index in [9.17, 15) is 18.7 Å². The predicted molar refractivity (Wildman–Crippen MR) is 111 cm³/mol. The summed E-state index contributed by atoms with van der Waals surface area (Å²) in [4.78, 5) is 26.2. The number of nitrogens with one attached hydrogen (secondary N) is 1. The van der Waals surface area contributed by atoms with Crippen molar-refractivity contribution in [3.8, 4) is 17.0 Å². The number of aryl methyl sites for hydroxylation is 1. The maximum absolute atomic E-state index is 13.6. The average Bonchev–Trinajstić information content (AvgIpc) is 2.74. The molecule has 164 valence electrons. The molecule has 0 bridgehead atoms. The lowest BCUT2D eigenvalue weighted by atomic mass is 9.92. The molecule has 1 fully saturated rings. The molecule has 0 spiro atoms. The zero-order valence-electron chi connectivity index (χ0n) is 17.2. The third kappa shape index (κ3) is 4.20. The van der Waals surface area contributed by atoms with Crippen molar-refractivity contribution < 1.29 is 18.6 Å². The average molecular weight is 431 g/mol. The molecule has 3 heterocycles. The van der Waals surface area contributed by atoms with E-state index >= 15 is 0 Å². The molecule has 0 radical (unpaired) electrons. The summed E-state index contributed by atoms with van der Waals surface area (Å²) in [7, 11) is 1.51. The Morgan fingerprint density at radius 3 is 2.58 bits per heavy atom. The molecule has 0 aromatic carbocycles. The lowest BCUT2D eigenvalue weighted by Crippen LogP contribution is -2.31. The topological polar surface area (TPSA) is 102 Å². The molecule has 3 aromatic rings. The Morgan fingerprint density at radius 2 is 1.97 bits per heavy atom. The smallest absolute Gasteiger partial charge is 0.315 e. The number of methoxy groups -OCH3 is 1. The van der Waals surface area contributed by atoms with Crippen LogP contribution in [0.5, 0.6) is 5.88 Å². The number of pyridine rings is 2. The molecule has 1 saturated carbocycles. The summed E-state index contributed by atoms with van der Waals surface area (Å²) in [5.74, 6) is 0.191. The minimum absolute atomic E-state index is 0.210. The van der Waals surface area contributed by atoms with E-state index in [0.717, 1.165) is 0 Å². The zero-order chi connectivity index (χ0) is 22.1. The molecule has 31 heavy (non-hydrogen) atoms. The van der Waals surface area contributed by atoms with Crippen molar-refractivity contribution in [3.05, 3.63) is 40.4 Å². The number of ether oxygens (including phenoxy) is 1. The molecule has 8 nitrogen and oxygen atoms in total. The number of nitrogens with zero attached hydrogens (tertiary/aromatic N) is 4. The number of rotatable bonds is 5. The molecule has 10 heteroatoms. The number of alkyl halides is 2. The first-order chi connectivity index (χ1) is 14.9. The van der Waals surface area contributed by atoms with Crippen LogP contribution in [0, 0.1) is 6.92 Å². The Kier molecular flexibility index (Phi) is 5.81. The third-order valence-corrected chi connectivity index (χ3v) is 5.61. The largest absolute Gasteiger partial charge is 0.481 e. The maximum Gasteiger partial charge on any atom is 0.315 e. The normalized spacial score (nSPS) is 19.0. The van der Waals surface area contributed by atoms with Gasteiger partial charge < -0.3 is 9.84 Å². The van der Waals surface area contributed by atoms with Gasteiger partial charge in [0.25, 0.3) is 5.56 Å².